The number of ether oxygens (including phenoxy) is 1. The van der Waals surface area contributed by atoms with Gasteiger partial charge in [-0.05, 0) is 0 Å². The van der Waals surface area contributed by atoms with Crippen molar-refractivity contribution in [1.82, 2.24) is 15.3 Å². The molecule has 0 unspecified atom stereocenters. The molecule has 2 heterocycles. The van der Waals surface area contributed by atoms with E-state index in [0.717, 1.165) is 6.20 Å². The van der Waals surface area contributed by atoms with Crippen LogP contribution in [-0.2, 0) is 4.74 Å². The molecular weight excluding hydrogens is 352 g/mol. The molecule has 10 nitrogen and oxygen atoms in total. The van der Waals surface area contributed by atoms with E-state index in [9.17, 15) is 9.90 Å². The predicted octanol–water partition coefficient (Wildman–Crippen LogP) is -5.69. The van der Waals surface area contributed by atoms with Crippen molar-refractivity contribution in [2.75, 3.05) is 31.2 Å². The van der Waals surface area contributed by atoms with Crippen molar-refractivity contribution < 1.29 is 72.8 Å². The van der Waals surface area contributed by atoms with E-state index in [0.29, 0.717) is 26.3 Å². The maximum atomic E-state index is 11.8. The zero-order chi connectivity index (χ0) is 14.5. The van der Waals surface area contributed by atoms with Crippen LogP contribution in [0, 0.1) is 0 Å². The number of carbonyl (C=O) groups is 1. The number of guanidine groups is 1. The molecule has 0 atom stereocenters. The molecule has 108 valence electrons. The molecule has 1 fully saturated rings. The van der Waals surface area contributed by atoms with Gasteiger partial charge < -0.3 is 26.3 Å². The van der Waals surface area contributed by atoms with Crippen LogP contribution in [0.4, 0.5) is 5.95 Å². The van der Waals surface area contributed by atoms with Gasteiger partial charge in [0.1, 0.15) is 0 Å². The van der Waals surface area contributed by atoms with Gasteiger partial charge in [0.2, 0.25) is 11.9 Å². The summed E-state index contributed by atoms with van der Waals surface area (Å²) in [5.74, 6) is 3.41. The number of nitrogens with one attached hydrogen (secondary N) is 1. The Morgan fingerprint density at radius 3 is 2.71 bits per heavy atom. The summed E-state index contributed by atoms with van der Waals surface area (Å²) in [7, 11) is 0. The minimum Gasteiger partial charge on any atom is -0.858 e. The largest absolute Gasteiger partial charge is 1.00 e. The summed E-state index contributed by atoms with van der Waals surface area (Å²) in [6.07, 6.45) is 1.15. The quantitative estimate of drug-likeness (QED) is 0.203. The van der Waals surface area contributed by atoms with Crippen molar-refractivity contribution in [3.05, 3.63) is 11.8 Å². The molecule has 0 spiro atoms. The van der Waals surface area contributed by atoms with Crippen LogP contribution in [-0.4, -0.2) is 48.1 Å². The van der Waals surface area contributed by atoms with Gasteiger partial charge in [-0.3, -0.25) is 10.1 Å². The second-order valence-corrected chi connectivity index (χ2v) is 3.96. The van der Waals surface area contributed by atoms with Crippen molar-refractivity contribution in [2.24, 2.45) is 16.7 Å². The van der Waals surface area contributed by atoms with E-state index in [1.54, 1.807) is 0 Å². The molecule has 1 aromatic heterocycles. The molecule has 1 saturated heterocycles. The molecular formula is C10H14N7O3Rb. The summed E-state index contributed by atoms with van der Waals surface area (Å²) in [6, 6.07) is 0. The number of nitrogens with zero attached hydrogens (tertiary/aromatic N) is 4. The van der Waals surface area contributed by atoms with Crippen LogP contribution in [0.3, 0.4) is 0 Å². The smallest absolute Gasteiger partial charge is 0.858 e. The Labute approximate surface area is 169 Å². The maximum absolute atomic E-state index is 11.8. The molecule has 0 saturated carbocycles. The second kappa shape index (κ2) is 8.58. The van der Waals surface area contributed by atoms with Crippen LogP contribution in [0.2, 0.25) is 0 Å². The first kappa shape index (κ1) is 18.2. The number of aromatic nitrogens is 2. The molecule has 21 heavy (non-hydrogen) atoms. The van der Waals surface area contributed by atoms with Gasteiger partial charge in [-0.15, -0.1) is 5.10 Å². The van der Waals surface area contributed by atoms with Crippen molar-refractivity contribution in [3.63, 3.8) is 0 Å². The summed E-state index contributed by atoms with van der Waals surface area (Å²) in [6.45, 7) is 2.28. The molecule has 11 heteroatoms. The molecule has 0 bridgehead atoms. The Bertz CT molecular complexity index is 533. The number of rotatable bonds is 2. The minimum atomic E-state index is -0.754. The topological polar surface area (TPSA) is 155 Å². The molecule has 1 aromatic rings. The number of hydrogen-bond acceptors (Lipinski definition) is 8. The zero-order valence-electron chi connectivity index (χ0n) is 11.6. The van der Waals surface area contributed by atoms with Crippen LogP contribution < -0.4 is 85.1 Å². The third-order valence-electron chi connectivity index (χ3n) is 2.66. The molecule has 0 aromatic carbocycles. The minimum absolute atomic E-state index is 0. The van der Waals surface area contributed by atoms with E-state index < -0.39 is 11.8 Å². The van der Waals surface area contributed by atoms with Gasteiger partial charge in [-0.1, -0.05) is 0 Å². The molecule has 2 rings (SSSR count). The van der Waals surface area contributed by atoms with Gasteiger partial charge >= 0.3 is 58.2 Å². The van der Waals surface area contributed by atoms with Gasteiger partial charge in [0.05, 0.1) is 18.8 Å². The van der Waals surface area contributed by atoms with Crippen LogP contribution in [0.1, 0.15) is 10.4 Å². The molecule has 0 aliphatic carbocycles. The second-order valence-electron chi connectivity index (χ2n) is 3.96. The third kappa shape index (κ3) is 4.85. The number of nitrogens with two attached hydrogens (primary N) is 2. The Kier molecular flexibility index (Phi) is 7.45. The fourth-order valence-corrected chi connectivity index (χ4v) is 1.64. The molecule has 1 amide bonds. The van der Waals surface area contributed by atoms with Gasteiger partial charge in [-0.2, -0.15) is 0 Å². The SMILES string of the molecule is N/N=C(\N)NC(=O)c1cnc(N2CCOCC2)nc1[O-].[Rb+]. The summed E-state index contributed by atoms with van der Waals surface area (Å²) in [5.41, 5.74) is 5.01. The number of hydrazone groups is 1. The van der Waals surface area contributed by atoms with E-state index in [1.165, 1.54) is 0 Å². The average molecular weight is 366 g/mol. The number of hydrogen-bond donors (Lipinski definition) is 3. The van der Waals surface area contributed by atoms with Crippen molar-refractivity contribution >= 4 is 17.8 Å². The summed E-state index contributed by atoms with van der Waals surface area (Å²) in [5, 5.41) is 17.0. The summed E-state index contributed by atoms with van der Waals surface area (Å²) >= 11 is 0. The van der Waals surface area contributed by atoms with Gasteiger partial charge in [-0.25, -0.2) is 9.97 Å². The Hall–Kier alpha value is -0.815. The number of anilines is 1. The van der Waals surface area contributed by atoms with E-state index in [1.807, 2.05) is 4.90 Å². The van der Waals surface area contributed by atoms with Crippen LogP contribution >= 0.6 is 0 Å². The number of morpholine rings is 1. The summed E-state index contributed by atoms with van der Waals surface area (Å²) < 4.78 is 5.19. The monoisotopic (exact) mass is 365 g/mol. The van der Waals surface area contributed by atoms with Gasteiger partial charge in [0.15, 0.2) is 0 Å². The van der Waals surface area contributed by atoms with Crippen molar-refractivity contribution in [2.45, 2.75) is 0 Å². The number of amides is 1. The normalized spacial score (nSPS) is 15.2. The fourth-order valence-electron chi connectivity index (χ4n) is 1.64. The Morgan fingerprint density at radius 2 is 2.14 bits per heavy atom. The van der Waals surface area contributed by atoms with E-state index >= 15 is 0 Å². The molecule has 0 radical (unpaired) electrons. The van der Waals surface area contributed by atoms with Crippen LogP contribution in [0.25, 0.3) is 0 Å². The van der Waals surface area contributed by atoms with Crippen molar-refractivity contribution in [3.8, 4) is 5.88 Å². The fraction of sp³-hybridized carbons (Fsp3) is 0.400. The van der Waals surface area contributed by atoms with Gasteiger partial charge in [0.25, 0.3) is 5.91 Å². The predicted molar refractivity (Wildman–Crippen MR) is 67.8 cm³/mol. The molecule has 1 aliphatic rings. The van der Waals surface area contributed by atoms with Gasteiger partial charge in [0, 0.05) is 25.2 Å². The zero-order valence-corrected chi connectivity index (χ0v) is 16.5. The maximum Gasteiger partial charge on any atom is 1.00 e. The molecule has 1 aliphatic heterocycles. The molecule has 5 N–H and O–H groups in total. The number of carbonyl (C=O) groups excluding carboxylic acids is 1. The first-order chi connectivity index (χ1) is 9.61. The van der Waals surface area contributed by atoms with Crippen LogP contribution in [0.15, 0.2) is 11.3 Å². The first-order valence-electron chi connectivity index (χ1n) is 5.83. The van der Waals surface area contributed by atoms with E-state index in [4.69, 9.17) is 16.3 Å². The summed E-state index contributed by atoms with van der Waals surface area (Å²) in [4.78, 5) is 21.3. The Morgan fingerprint density at radius 1 is 1.48 bits per heavy atom. The Balaban J connectivity index is 0.00000220. The van der Waals surface area contributed by atoms with E-state index in [-0.39, 0.29) is 75.7 Å². The third-order valence-corrected chi connectivity index (χ3v) is 2.66. The van der Waals surface area contributed by atoms with E-state index in [2.05, 4.69) is 20.4 Å². The van der Waals surface area contributed by atoms with Crippen LogP contribution in [0.5, 0.6) is 5.88 Å². The first-order valence-corrected chi connectivity index (χ1v) is 5.83. The van der Waals surface area contributed by atoms with Crippen molar-refractivity contribution in [1.29, 1.82) is 0 Å². The average Bonchev–Trinajstić information content (AvgIpc) is 2.47. The standard InChI is InChI=1S/C10H15N7O3.Rb/c11-9(16-12)14-7(18)6-5-13-10(15-8(6)19)17-1-3-20-4-2-17;/h5H,1-4,12H2,(H,13,15,19)(H3,11,14,16,18);/q;+1/p-1.